The molecule has 106 valence electrons. The fourth-order valence-corrected chi connectivity index (χ4v) is 4.59. The Bertz CT molecular complexity index is 392. The molecule has 2 fully saturated rings. The molecule has 0 aromatic heterocycles. The molecule has 18 heavy (non-hydrogen) atoms. The minimum atomic E-state index is -3.36. The summed E-state index contributed by atoms with van der Waals surface area (Å²) in [6.45, 7) is 2.36. The van der Waals surface area contributed by atoms with Crippen LogP contribution in [-0.4, -0.2) is 79.5 Å². The Balaban J connectivity index is 2.03. The predicted octanol–water partition coefficient (Wildman–Crippen LogP) is -0.675. The van der Waals surface area contributed by atoms with Crippen molar-refractivity contribution in [2.75, 3.05) is 46.8 Å². The van der Waals surface area contributed by atoms with Crippen LogP contribution in [0.2, 0.25) is 0 Å². The molecule has 0 spiro atoms. The molecule has 0 aromatic rings. The van der Waals surface area contributed by atoms with Gasteiger partial charge in [-0.15, -0.1) is 0 Å². The molecule has 0 saturated carbocycles. The van der Waals surface area contributed by atoms with Crippen molar-refractivity contribution >= 4 is 10.2 Å². The van der Waals surface area contributed by atoms with Gasteiger partial charge in [0.1, 0.15) is 0 Å². The molecule has 2 aliphatic heterocycles. The van der Waals surface area contributed by atoms with E-state index < -0.39 is 15.8 Å². The maximum absolute atomic E-state index is 12.3. The van der Waals surface area contributed by atoms with Gasteiger partial charge in [-0.25, -0.2) is 0 Å². The summed E-state index contributed by atoms with van der Waals surface area (Å²) in [6, 6.07) is 0. The zero-order valence-electron chi connectivity index (χ0n) is 11.2. The average Bonchev–Trinajstić information content (AvgIpc) is 2.85. The van der Waals surface area contributed by atoms with Crippen molar-refractivity contribution in [1.82, 2.24) is 13.5 Å². The van der Waals surface area contributed by atoms with Crippen LogP contribution in [-0.2, 0) is 10.2 Å². The summed E-state index contributed by atoms with van der Waals surface area (Å²) in [6.07, 6.45) is 2.39. The van der Waals surface area contributed by atoms with Crippen molar-refractivity contribution in [3.8, 4) is 0 Å². The van der Waals surface area contributed by atoms with Gasteiger partial charge in [0.15, 0.2) is 0 Å². The second kappa shape index (κ2) is 5.05. The molecular weight excluding hydrogens is 254 g/mol. The Hall–Kier alpha value is -0.210. The number of aliphatic hydroxyl groups is 1. The molecule has 1 unspecified atom stereocenters. The van der Waals surface area contributed by atoms with Crippen molar-refractivity contribution in [2.45, 2.75) is 24.9 Å². The molecule has 6 nitrogen and oxygen atoms in total. The first-order valence-corrected chi connectivity index (χ1v) is 7.86. The fraction of sp³-hybridized carbons (Fsp3) is 1.00. The third-order valence-electron chi connectivity index (χ3n) is 3.63. The van der Waals surface area contributed by atoms with Crippen molar-refractivity contribution < 1.29 is 13.5 Å². The van der Waals surface area contributed by atoms with E-state index in [1.54, 1.807) is 0 Å². The summed E-state index contributed by atoms with van der Waals surface area (Å²) >= 11 is 0. The lowest BCUT2D eigenvalue weighted by Gasteiger charge is -2.28. The van der Waals surface area contributed by atoms with E-state index in [0.717, 1.165) is 12.8 Å². The van der Waals surface area contributed by atoms with E-state index in [1.165, 1.54) is 8.61 Å². The van der Waals surface area contributed by atoms with Gasteiger partial charge in [-0.2, -0.15) is 17.0 Å². The lowest BCUT2D eigenvalue weighted by molar-refractivity contribution is 0.0299. The minimum Gasteiger partial charge on any atom is -0.387 e. The van der Waals surface area contributed by atoms with Crippen molar-refractivity contribution in [2.24, 2.45) is 0 Å². The average molecular weight is 277 g/mol. The van der Waals surface area contributed by atoms with Gasteiger partial charge in [-0.3, -0.25) is 0 Å². The summed E-state index contributed by atoms with van der Waals surface area (Å²) in [5, 5.41) is 10.4. The third-order valence-corrected chi connectivity index (χ3v) is 5.61. The number of likely N-dealkylation sites (N-methyl/N-ethyl adjacent to an activating group) is 1. The molecule has 0 bridgehead atoms. The maximum atomic E-state index is 12.3. The second-order valence-electron chi connectivity index (χ2n) is 5.66. The van der Waals surface area contributed by atoms with Gasteiger partial charge in [-0.05, 0) is 33.4 Å². The predicted molar refractivity (Wildman–Crippen MR) is 69.4 cm³/mol. The Kier molecular flexibility index (Phi) is 3.99. The lowest BCUT2D eigenvalue weighted by Crippen LogP contribution is -2.46. The molecule has 0 radical (unpaired) electrons. The zero-order valence-corrected chi connectivity index (χ0v) is 12.0. The quantitative estimate of drug-likeness (QED) is 0.740. The van der Waals surface area contributed by atoms with E-state index >= 15 is 0 Å². The molecule has 2 rings (SSSR count). The van der Waals surface area contributed by atoms with Gasteiger partial charge >= 0.3 is 0 Å². The second-order valence-corrected chi connectivity index (χ2v) is 7.59. The highest BCUT2D eigenvalue weighted by Crippen LogP contribution is 2.27. The molecule has 2 saturated heterocycles. The van der Waals surface area contributed by atoms with Gasteiger partial charge in [0.25, 0.3) is 10.2 Å². The van der Waals surface area contributed by atoms with Crippen LogP contribution in [0.4, 0.5) is 0 Å². The number of nitrogens with zero attached hydrogens (tertiary/aromatic N) is 3. The fourth-order valence-electron chi connectivity index (χ4n) is 2.82. The highest BCUT2D eigenvalue weighted by molar-refractivity contribution is 7.86. The zero-order chi connectivity index (χ0) is 13.4. The summed E-state index contributed by atoms with van der Waals surface area (Å²) in [4.78, 5) is 1.89. The molecule has 1 N–H and O–H groups in total. The molecule has 0 aliphatic carbocycles. The summed E-state index contributed by atoms with van der Waals surface area (Å²) in [5.74, 6) is 0. The highest BCUT2D eigenvalue weighted by Gasteiger charge is 2.43. The van der Waals surface area contributed by atoms with Crippen molar-refractivity contribution in [1.29, 1.82) is 0 Å². The van der Waals surface area contributed by atoms with Gasteiger partial charge in [0, 0.05) is 32.7 Å². The first-order chi connectivity index (χ1) is 8.33. The Morgan fingerprint density at radius 2 is 1.78 bits per heavy atom. The topological polar surface area (TPSA) is 64.1 Å². The van der Waals surface area contributed by atoms with E-state index in [9.17, 15) is 13.5 Å². The summed E-state index contributed by atoms with van der Waals surface area (Å²) in [5.41, 5.74) is -0.906. The normalized spacial score (nSPS) is 31.6. The van der Waals surface area contributed by atoms with Crippen LogP contribution < -0.4 is 0 Å². The van der Waals surface area contributed by atoms with E-state index in [4.69, 9.17) is 0 Å². The molecule has 0 aromatic carbocycles. The Labute approximate surface area is 109 Å². The first-order valence-electron chi connectivity index (χ1n) is 6.46. The number of hydrogen-bond donors (Lipinski definition) is 1. The highest BCUT2D eigenvalue weighted by atomic mass is 32.2. The van der Waals surface area contributed by atoms with E-state index in [-0.39, 0.29) is 6.54 Å². The molecule has 7 heteroatoms. The van der Waals surface area contributed by atoms with Gasteiger partial charge < -0.3 is 10.0 Å². The van der Waals surface area contributed by atoms with Crippen LogP contribution in [0.15, 0.2) is 0 Å². The van der Waals surface area contributed by atoms with Crippen LogP contribution in [0.25, 0.3) is 0 Å². The molecular formula is C11H23N3O3S. The smallest absolute Gasteiger partial charge is 0.282 e. The monoisotopic (exact) mass is 277 g/mol. The molecule has 2 aliphatic rings. The summed E-state index contributed by atoms with van der Waals surface area (Å²) in [7, 11) is 0.412. The SMILES string of the molecule is CN(C)CC1(O)CCN(S(=O)(=O)N2CCCC2)C1. The molecule has 2 heterocycles. The van der Waals surface area contributed by atoms with Crippen LogP contribution in [0, 0.1) is 0 Å². The number of β-amino-alcohol motifs (C(OH)–C–C–N with tert-alkyl or cyclic N) is 1. The van der Waals surface area contributed by atoms with Crippen molar-refractivity contribution in [3.63, 3.8) is 0 Å². The van der Waals surface area contributed by atoms with Gasteiger partial charge in [0.05, 0.1) is 5.60 Å². The number of rotatable bonds is 4. The van der Waals surface area contributed by atoms with E-state index in [0.29, 0.717) is 32.6 Å². The van der Waals surface area contributed by atoms with Crippen LogP contribution >= 0.6 is 0 Å². The van der Waals surface area contributed by atoms with Crippen LogP contribution in [0.1, 0.15) is 19.3 Å². The van der Waals surface area contributed by atoms with Crippen LogP contribution in [0.5, 0.6) is 0 Å². The van der Waals surface area contributed by atoms with E-state index in [1.807, 2.05) is 19.0 Å². The Morgan fingerprint density at radius 1 is 1.17 bits per heavy atom. The summed E-state index contributed by atoms with van der Waals surface area (Å²) < 4.78 is 27.6. The van der Waals surface area contributed by atoms with Gasteiger partial charge in [-0.1, -0.05) is 0 Å². The maximum Gasteiger partial charge on any atom is 0.282 e. The van der Waals surface area contributed by atoms with Crippen molar-refractivity contribution in [3.05, 3.63) is 0 Å². The lowest BCUT2D eigenvalue weighted by atomic mass is 10.0. The molecule has 1 atom stereocenters. The third kappa shape index (κ3) is 2.85. The number of hydrogen-bond acceptors (Lipinski definition) is 4. The van der Waals surface area contributed by atoms with E-state index in [2.05, 4.69) is 0 Å². The molecule has 0 amide bonds. The minimum absolute atomic E-state index is 0.212. The van der Waals surface area contributed by atoms with Gasteiger partial charge in [0.2, 0.25) is 0 Å². The standard InChI is InChI=1S/C11H23N3O3S/c1-12(2)9-11(15)5-8-14(10-11)18(16,17)13-6-3-4-7-13/h15H,3-10H2,1-2H3. The largest absolute Gasteiger partial charge is 0.387 e. The first kappa shape index (κ1) is 14.2. The Morgan fingerprint density at radius 3 is 2.33 bits per heavy atom. The van der Waals surface area contributed by atoms with Crippen LogP contribution in [0.3, 0.4) is 0 Å².